The van der Waals surface area contributed by atoms with Crippen molar-refractivity contribution in [2.75, 3.05) is 0 Å². The predicted octanol–water partition coefficient (Wildman–Crippen LogP) is 3.24. The third-order valence-electron chi connectivity index (χ3n) is 5.89. The van der Waals surface area contributed by atoms with Crippen LogP contribution in [0.5, 0.6) is 5.75 Å². The third-order valence-corrected chi connectivity index (χ3v) is 5.89. The Morgan fingerprint density at radius 1 is 1.15 bits per heavy atom. The highest BCUT2D eigenvalue weighted by molar-refractivity contribution is 5.96. The molecule has 2 aromatic carbocycles. The maximum Gasteiger partial charge on any atom is 0.164 e. The minimum absolute atomic E-state index is 0.00564. The average Bonchev–Trinajstić information content (AvgIpc) is 3.15. The van der Waals surface area contributed by atoms with Crippen molar-refractivity contribution in [3.05, 3.63) is 72.0 Å². The Kier molecular flexibility index (Phi) is 4.74. The molecule has 27 heavy (non-hydrogen) atoms. The minimum Gasteiger partial charge on any atom is -0.508 e. The summed E-state index contributed by atoms with van der Waals surface area (Å²) in [5.74, 6) is 0.186. The molecule has 4 rings (SSSR count). The van der Waals surface area contributed by atoms with E-state index in [0.29, 0.717) is 36.8 Å². The second-order valence-electron chi connectivity index (χ2n) is 7.84. The molecule has 1 radical (unpaired) electrons. The van der Waals surface area contributed by atoms with Gasteiger partial charge in [-0.2, -0.15) is 0 Å². The molecular formula is C22H23FNO3. The van der Waals surface area contributed by atoms with Gasteiger partial charge < -0.3 is 15.5 Å². The number of aliphatic hydroxyl groups is 1. The molecule has 1 aliphatic carbocycles. The topological polar surface area (TPSA) is 69.6 Å². The Labute approximate surface area is 158 Å². The van der Waals surface area contributed by atoms with Gasteiger partial charge in [0.15, 0.2) is 5.78 Å². The van der Waals surface area contributed by atoms with E-state index in [1.165, 1.54) is 18.2 Å². The molecule has 5 heteroatoms. The Hall–Kier alpha value is -2.24. The molecule has 0 spiro atoms. The van der Waals surface area contributed by atoms with Crippen LogP contribution in [0.25, 0.3) is 0 Å². The summed E-state index contributed by atoms with van der Waals surface area (Å²) < 4.78 is 14.0. The smallest absolute Gasteiger partial charge is 0.164 e. The van der Waals surface area contributed by atoms with E-state index in [2.05, 4.69) is 5.32 Å². The summed E-state index contributed by atoms with van der Waals surface area (Å²) in [5.41, 5.74) is 0.151. The monoisotopic (exact) mass is 368 g/mol. The lowest BCUT2D eigenvalue weighted by Crippen LogP contribution is -2.34. The van der Waals surface area contributed by atoms with E-state index in [1.54, 1.807) is 30.3 Å². The van der Waals surface area contributed by atoms with Gasteiger partial charge >= 0.3 is 0 Å². The average molecular weight is 368 g/mol. The van der Waals surface area contributed by atoms with E-state index in [-0.39, 0.29) is 35.2 Å². The van der Waals surface area contributed by atoms with E-state index in [4.69, 9.17) is 0 Å². The largest absolute Gasteiger partial charge is 0.508 e. The first-order valence-corrected chi connectivity index (χ1v) is 9.31. The fourth-order valence-corrected chi connectivity index (χ4v) is 4.57. The number of phenolic OH excluding ortho intramolecular Hbond substituents is 1. The first kappa shape index (κ1) is 18.1. The van der Waals surface area contributed by atoms with Crippen molar-refractivity contribution in [3.8, 4) is 5.75 Å². The molecule has 0 bridgehead atoms. The number of benzene rings is 2. The van der Waals surface area contributed by atoms with Gasteiger partial charge in [0.2, 0.25) is 0 Å². The Balaban J connectivity index is 1.43. The molecule has 2 aliphatic rings. The zero-order valence-corrected chi connectivity index (χ0v) is 14.9. The van der Waals surface area contributed by atoms with Gasteiger partial charge in [0, 0.05) is 31.0 Å². The van der Waals surface area contributed by atoms with Gasteiger partial charge in [-0.05, 0) is 60.6 Å². The summed E-state index contributed by atoms with van der Waals surface area (Å²) in [7, 11) is 0. The van der Waals surface area contributed by atoms with E-state index in [9.17, 15) is 19.4 Å². The highest BCUT2D eigenvalue weighted by atomic mass is 19.1. The third kappa shape index (κ3) is 3.75. The number of rotatable bonds is 5. The van der Waals surface area contributed by atoms with Gasteiger partial charge in [0.25, 0.3) is 0 Å². The first-order valence-electron chi connectivity index (χ1n) is 9.31. The molecule has 4 atom stereocenters. The van der Waals surface area contributed by atoms with Crippen molar-refractivity contribution in [2.45, 2.75) is 37.3 Å². The zero-order chi connectivity index (χ0) is 19.0. The Morgan fingerprint density at radius 2 is 1.89 bits per heavy atom. The van der Waals surface area contributed by atoms with Crippen LogP contribution in [0.15, 0.2) is 48.5 Å². The number of aromatic hydroxyl groups is 1. The second kappa shape index (κ2) is 7.06. The van der Waals surface area contributed by atoms with Crippen molar-refractivity contribution < 1.29 is 19.4 Å². The minimum atomic E-state index is -0.948. The van der Waals surface area contributed by atoms with Gasteiger partial charge in [0.05, 0.1) is 5.60 Å². The molecule has 0 aromatic heterocycles. The van der Waals surface area contributed by atoms with E-state index in [1.807, 2.05) is 6.54 Å². The van der Waals surface area contributed by atoms with E-state index < -0.39 is 5.60 Å². The predicted molar refractivity (Wildman–Crippen MR) is 99.5 cm³/mol. The molecule has 0 amide bonds. The molecule has 1 aliphatic heterocycles. The molecule has 1 saturated heterocycles. The molecule has 0 unspecified atom stereocenters. The van der Waals surface area contributed by atoms with Crippen LogP contribution in [0.1, 0.15) is 35.2 Å². The summed E-state index contributed by atoms with van der Waals surface area (Å²) in [6.45, 7) is 1.98. The maximum atomic E-state index is 14.0. The highest BCUT2D eigenvalue weighted by Crippen LogP contribution is 2.47. The number of fused-ring (bicyclic) bond motifs is 1. The number of hydrogen-bond donors (Lipinski definition) is 3. The number of nitrogens with one attached hydrogen (secondary N) is 1. The summed E-state index contributed by atoms with van der Waals surface area (Å²) in [6, 6.07) is 12.8. The van der Waals surface area contributed by atoms with Crippen LogP contribution in [-0.4, -0.2) is 27.6 Å². The fourth-order valence-electron chi connectivity index (χ4n) is 4.57. The van der Waals surface area contributed by atoms with Crippen LogP contribution >= 0.6 is 0 Å². The molecule has 4 nitrogen and oxygen atoms in total. The standard InChI is InChI=1S/C22H23FNO3/c23-19-4-2-1-3-15(19)10-22(27)11-16-13-24-20(18(16)12-22)9-21(26)14-5-7-17(25)8-6-14/h1-8,13,16,18,20,24-25,27H,9-12H2/t16-,18+,20+,22+/m1/s1. The van der Waals surface area contributed by atoms with Gasteiger partial charge in [-0.1, -0.05) is 18.2 Å². The Bertz CT molecular complexity index is 838. The molecule has 2 aromatic rings. The first-order chi connectivity index (χ1) is 12.9. The number of halogens is 1. The van der Waals surface area contributed by atoms with Crippen LogP contribution in [0.4, 0.5) is 4.39 Å². The van der Waals surface area contributed by atoms with Crippen molar-refractivity contribution in [1.29, 1.82) is 0 Å². The van der Waals surface area contributed by atoms with Crippen molar-refractivity contribution >= 4 is 5.78 Å². The van der Waals surface area contributed by atoms with E-state index >= 15 is 0 Å². The lowest BCUT2D eigenvalue weighted by Gasteiger charge is -2.26. The highest BCUT2D eigenvalue weighted by Gasteiger charge is 2.50. The van der Waals surface area contributed by atoms with Crippen LogP contribution in [-0.2, 0) is 6.42 Å². The number of carbonyl (C=O) groups is 1. The van der Waals surface area contributed by atoms with Crippen molar-refractivity contribution in [2.24, 2.45) is 11.8 Å². The number of hydrogen-bond acceptors (Lipinski definition) is 4. The number of carbonyl (C=O) groups excluding carboxylic acids is 1. The van der Waals surface area contributed by atoms with E-state index in [0.717, 1.165) is 0 Å². The number of Topliss-reactive ketones (excluding diaryl/α,β-unsaturated/α-hetero) is 1. The molecule has 1 saturated carbocycles. The van der Waals surface area contributed by atoms with Crippen LogP contribution in [0.3, 0.4) is 0 Å². The SMILES string of the molecule is O=C(C[C@@H]1N[CH][C@H]2C[C@@](O)(Cc3ccccc3F)C[C@H]12)c1ccc(O)cc1. The quantitative estimate of drug-likeness (QED) is 0.709. The van der Waals surface area contributed by atoms with Gasteiger partial charge in [-0.25, -0.2) is 4.39 Å². The van der Waals surface area contributed by atoms with Gasteiger partial charge in [-0.3, -0.25) is 4.79 Å². The second-order valence-corrected chi connectivity index (χ2v) is 7.84. The van der Waals surface area contributed by atoms with Crippen molar-refractivity contribution in [3.63, 3.8) is 0 Å². The zero-order valence-electron chi connectivity index (χ0n) is 14.9. The fraction of sp³-hybridized carbons (Fsp3) is 0.364. The van der Waals surface area contributed by atoms with Crippen molar-refractivity contribution in [1.82, 2.24) is 5.32 Å². The van der Waals surface area contributed by atoms with Gasteiger partial charge in [0.1, 0.15) is 11.6 Å². The summed E-state index contributed by atoms with van der Waals surface area (Å²) >= 11 is 0. The lowest BCUT2D eigenvalue weighted by atomic mass is 9.88. The maximum absolute atomic E-state index is 14.0. The molecule has 2 fully saturated rings. The molecule has 141 valence electrons. The number of phenols is 1. The normalized spacial score (nSPS) is 29.6. The Morgan fingerprint density at radius 3 is 2.63 bits per heavy atom. The summed E-state index contributed by atoms with van der Waals surface area (Å²) in [4.78, 5) is 12.5. The van der Waals surface area contributed by atoms with Crippen LogP contribution < -0.4 is 5.32 Å². The summed E-state index contributed by atoms with van der Waals surface area (Å²) in [5, 5.41) is 23.7. The molecular weight excluding hydrogens is 345 g/mol. The van der Waals surface area contributed by atoms with Gasteiger partial charge in [-0.15, -0.1) is 0 Å². The molecule has 1 heterocycles. The lowest BCUT2D eigenvalue weighted by molar-refractivity contribution is 0.0378. The molecule has 3 N–H and O–H groups in total. The summed E-state index contributed by atoms with van der Waals surface area (Å²) in [6.07, 6.45) is 1.74. The van der Waals surface area contributed by atoms with Crippen LogP contribution in [0, 0.1) is 24.2 Å². The number of ketones is 1. The van der Waals surface area contributed by atoms with Crippen LogP contribution in [0.2, 0.25) is 0 Å².